The summed E-state index contributed by atoms with van der Waals surface area (Å²) in [5.74, 6) is -0.260. The molecular weight excluding hydrogens is 408 g/mol. The Labute approximate surface area is 166 Å². The number of urea groups is 1. The van der Waals surface area contributed by atoms with Crippen molar-refractivity contribution >= 4 is 39.2 Å². The molecule has 0 radical (unpaired) electrons. The van der Waals surface area contributed by atoms with Crippen LogP contribution in [0.25, 0.3) is 0 Å². The summed E-state index contributed by atoms with van der Waals surface area (Å²) in [5.41, 5.74) is 3.59. The summed E-state index contributed by atoms with van der Waals surface area (Å²) in [6, 6.07) is 14.3. The van der Waals surface area contributed by atoms with Crippen molar-refractivity contribution in [3.63, 3.8) is 0 Å². The molecule has 0 fully saturated rings. The summed E-state index contributed by atoms with van der Waals surface area (Å²) < 4.78 is 0.932. The average molecular weight is 429 g/mol. The fourth-order valence-corrected chi connectivity index (χ4v) is 3.21. The molecule has 3 amide bonds. The number of allylic oxidation sites excluding steroid dienone is 1. The predicted octanol–water partition coefficient (Wildman–Crippen LogP) is 3.78. The minimum atomic E-state index is -0.523. The number of carbonyl (C=O) groups excluding carboxylic acids is 2. The van der Waals surface area contributed by atoms with Crippen LogP contribution >= 0.6 is 15.9 Å². The SMILES string of the molecule is CC1=C(C(=O)Nc2ccc(Br)cc2)[C@@H](c2ccc(N(C)C)cc2)NC(=O)N1. The van der Waals surface area contributed by atoms with E-state index in [1.807, 2.05) is 67.5 Å². The lowest BCUT2D eigenvalue weighted by Gasteiger charge is -2.29. The molecule has 2 aromatic rings. The summed E-state index contributed by atoms with van der Waals surface area (Å²) >= 11 is 3.38. The van der Waals surface area contributed by atoms with Crippen LogP contribution in [0, 0.1) is 0 Å². The van der Waals surface area contributed by atoms with Crippen molar-refractivity contribution in [3.8, 4) is 0 Å². The first kappa shape index (κ1) is 19.0. The first-order valence-electron chi connectivity index (χ1n) is 8.47. The molecule has 7 heteroatoms. The molecule has 2 aromatic carbocycles. The third kappa shape index (κ3) is 4.31. The van der Waals surface area contributed by atoms with E-state index in [-0.39, 0.29) is 11.9 Å². The van der Waals surface area contributed by atoms with Crippen molar-refractivity contribution in [2.75, 3.05) is 24.3 Å². The normalized spacial score (nSPS) is 16.4. The lowest BCUT2D eigenvalue weighted by Crippen LogP contribution is -2.45. The second kappa shape index (κ2) is 7.84. The van der Waals surface area contributed by atoms with E-state index < -0.39 is 6.04 Å². The smallest absolute Gasteiger partial charge is 0.319 e. The minimum absolute atomic E-state index is 0.260. The fourth-order valence-electron chi connectivity index (χ4n) is 2.94. The summed E-state index contributed by atoms with van der Waals surface area (Å²) in [6.07, 6.45) is 0. The van der Waals surface area contributed by atoms with Gasteiger partial charge in [0.05, 0.1) is 11.6 Å². The molecule has 3 N–H and O–H groups in total. The highest BCUT2D eigenvalue weighted by molar-refractivity contribution is 9.10. The van der Waals surface area contributed by atoms with Crippen molar-refractivity contribution in [3.05, 3.63) is 69.8 Å². The molecule has 0 saturated carbocycles. The molecule has 1 aliphatic heterocycles. The number of benzene rings is 2. The molecule has 0 bridgehead atoms. The number of hydrogen-bond acceptors (Lipinski definition) is 3. The van der Waals surface area contributed by atoms with E-state index in [9.17, 15) is 9.59 Å². The molecule has 0 aromatic heterocycles. The molecule has 0 aliphatic carbocycles. The van der Waals surface area contributed by atoms with Gasteiger partial charge in [-0.15, -0.1) is 0 Å². The maximum absolute atomic E-state index is 12.9. The van der Waals surface area contributed by atoms with Crippen LogP contribution in [0.15, 0.2) is 64.3 Å². The van der Waals surface area contributed by atoms with Gasteiger partial charge >= 0.3 is 6.03 Å². The van der Waals surface area contributed by atoms with Crippen LogP contribution in [0.5, 0.6) is 0 Å². The van der Waals surface area contributed by atoms with Gasteiger partial charge in [-0.2, -0.15) is 0 Å². The Kier molecular flexibility index (Phi) is 5.51. The van der Waals surface area contributed by atoms with Gasteiger partial charge in [0.25, 0.3) is 5.91 Å². The Balaban J connectivity index is 1.91. The zero-order chi connectivity index (χ0) is 19.6. The number of hydrogen-bond donors (Lipinski definition) is 3. The number of halogens is 1. The molecule has 1 heterocycles. The van der Waals surface area contributed by atoms with Crippen molar-refractivity contribution in [1.29, 1.82) is 0 Å². The van der Waals surface area contributed by atoms with E-state index in [0.29, 0.717) is 17.0 Å². The second-order valence-electron chi connectivity index (χ2n) is 6.52. The number of nitrogens with one attached hydrogen (secondary N) is 3. The number of rotatable bonds is 4. The molecule has 6 nitrogen and oxygen atoms in total. The molecule has 3 rings (SSSR count). The Morgan fingerprint density at radius 2 is 1.70 bits per heavy atom. The predicted molar refractivity (Wildman–Crippen MR) is 111 cm³/mol. The molecule has 1 atom stereocenters. The Morgan fingerprint density at radius 1 is 1.07 bits per heavy atom. The highest BCUT2D eigenvalue weighted by atomic mass is 79.9. The van der Waals surface area contributed by atoms with Crippen molar-refractivity contribution in [2.24, 2.45) is 0 Å². The van der Waals surface area contributed by atoms with E-state index in [0.717, 1.165) is 15.7 Å². The average Bonchev–Trinajstić information content (AvgIpc) is 2.63. The van der Waals surface area contributed by atoms with E-state index in [4.69, 9.17) is 0 Å². The van der Waals surface area contributed by atoms with Gasteiger partial charge in [-0.3, -0.25) is 4.79 Å². The first-order chi connectivity index (χ1) is 12.8. The van der Waals surface area contributed by atoms with Crippen LogP contribution in [0.4, 0.5) is 16.2 Å². The quantitative estimate of drug-likeness (QED) is 0.693. The maximum atomic E-state index is 12.9. The highest BCUT2D eigenvalue weighted by Crippen LogP contribution is 2.29. The number of anilines is 2. The van der Waals surface area contributed by atoms with E-state index in [2.05, 4.69) is 31.9 Å². The Hall–Kier alpha value is -2.80. The van der Waals surface area contributed by atoms with Gasteiger partial charge in [-0.25, -0.2) is 4.79 Å². The lowest BCUT2D eigenvalue weighted by molar-refractivity contribution is -0.113. The standard InChI is InChI=1S/C20H21BrN4O2/c1-12-17(19(26)23-15-8-6-14(21)7-9-15)18(24-20(27)22-12)13-4-10-16(11-5-13)25(2)3/h4-11,18H,1-3H3,(H,23,26)(H2,22,24,27)/t18-/m1/s1. The van der Waals surface area contributed by atoms with Crippen LogP contribution in [0.1, 0.15) is 18.5 Å². The minimum Gasteiger partial charge on any atom is -0.378 e. The largest absolute Gasteiger partial charge is 0.378 e. The maximum Gasteiger partial charge on any atom is 0.319 e. The first-order valence-corrected chi connectivity index (χ1v) is 9.27. The van der Waals surface area contributed by atoms with Crippen molar-refractivity contribution in [1.82, 2.24) is 10.6 Å². The highest BCUT2D eigenvalue weighted by Gasteiger charge is 2.31. The van der Waals surface area contributed by atoms with Crippen LogP contribution in [0.3, 0.4) is 0 Å². The zero-order valence-electron chi connectivity index (χ0n) is 15.3. The lowest BCUT2D eigenvalue weighted by atomic mass is 9.94. The van der Waals surface area contributed by atoms with Gasteiger partial charge in [0.1, 0.15) is 0 Å². The number of amides is 3. The van der Waals surface area contributed by atoms with Crippen molar-refractivity contribution in [2.45, 2.75) is 13.0 Å². The molecule has 140 valence electrons. The fraction of sp³-hybridized carbons (Fsp3) is 0.200. The number of carbonyl (C=O) groups is 2. The zero-order valence-corrected chi connectivity index (χ0v) is 16.9. The second-order valence-corrected chi connectivity index (χ2v) is 7.43. The molecular formula is C20H21BrN4O2. The van der Waals surface area contributed by atoms with E-state index >= 15 is 0 Å². The Bertz CT molecular complexity index is 889. The van der Waals surface area contributed by atoms with Gasteiger partial charge in [0.15, 0.2) is 0 Å². The molecule has 0 saturated heterocycles. The topological polar surface area (TPSA) is 73.5 Å². The molecule has 27 heavy (non-hydrogen) atoms. The van der Waals surface area contributed by atoms with E-state index in [1.54, 1.807) is 6.92 Å². The van der Waals surface area contributed by atoms with Crippen molar-refractivity contribution < 1.29 is 9.59 Å². The third-order valence-electron chi connectivity index (χ3n) is 4.36. The van der Waals surface area contributed by atoms with Gasteiger partial charge in [0.2, 0.25) is 0 Å². The van der Waals surface area contributed by atoms with Crippen LogP contribution < -0.4 is 20.9 Å². The number of nitrogens with zero attached hydrogens (tertiary/aromatic N) is 1. The summed E-state index contributed by atoms with van der Waals surface area (Å²) in [6.45, 7) is 1.73. The van der Waals surface area contributed by atoms with Gasteiger partial charge in [0, 0.05) is 35.6 Å². The Morgan fingerprint density at radius 3 is 2.30 bits per heavy atom. The van der Waals surface area contributed by atoms with E-state index in [1.165, 1.54) is 0 Å². The molecule has 1 aliphatic rings. The van der Waals surface area contributed by atoms with Gasteiger partial charge in [-0.1, -0.05) is 28.1 Å². The van der Waals surface area contributed by atoms with Crippen LogP contribution in [0.2, 0.25) is 0 Å². The monoisotopic (exact) mass is 428 g/mol. The molecule has 0 spiro atoms. The summed E-state index contributed by atoms with van der Waals surface area (Å²) in [7, 11) is 3.92. The van der Waals surface area contributed by atoms with Gasteiger partial charge in [-0.05, 0) is 48.9 Å². The van der Waals surface area contributed by atoms with Crippen LogP contribution in [-0.4, -0.2) is 26.0 Å². The van der Waals surface area contributed by atoms with Gasteiger partial charge < -0.3 is 20.9 Å². The third-order valence-corrected chi connectivity index (χ3v) is 4.89. The molecule has 0 unspecified atom stereocenters. The van der Waals surface area contributed by atoms with Crippen LogP contribution in [-0.2, 0) is 4.79 Å². The summed E-state index contributed by atoms with van der Waals surface area (Å²) in [5, 5.41) is 8.43. The summed E-state index contributed by atoms with van der Waals surface area (Å²) in [4.78, 5) is 26.9.